The molecule has 6 rings (SSSR count). The van der Waals surface area contributed by atoms with E-state index in [0.717, 1.165) is 27.5 Å². The Labute approximate surface area is 189 Å². The zero-order valence-electron chi connectivity index (χ0n) is 17.5. The summed E-state index contributed by atoms with van der Waals surface area (Å²) in [6, 6.07) is 11.4. The summed E-state index contributed by atoms with van der Waals surface area (Å²) in [7, 11) is 0. The Bertz CT molecular complexity index is 1580. The standard InChI is InChI=1S/C24H16F4N4S/c1-23(2)15-5-3-4-13-14-8-12(21-29-19(9-25)30-22(31-21)24(26,27)28)6-7-17(14)32(20(13)15)18-11-33-10-16(18)23/h3-8,10-11H,9H2,1-2H3. The average Bonchev–Trinajstić information content (AvgIpc) is 3.40. The molecule has 0 unspecified atom stereocenters. The van der Waals surface area contributed by atoms with Gasteiger partial charge in [-0.25, -0.2) is 19.3 Å². The molecule has 166 valence electrons. The molecule has 2 aromatic carbocycles. The Hall–Kier alpha value is -3.33. The van der Waals surface area contributed by atoms with E-state index in [1.807, 2.05) is 18.2 Å². The number of benzene rings is 2. The molecule has 3 aromatic heterocycles. The van der Waals surface area contributed by atoms with Crippen LogP contribution in [0.4, 0.5) is 17.6 Å². The van der Waals surface area contributed by atoms with Crippen molar-refractivity contribution in [2.45, 2.75) is 32.1 Å². The van der Waals surface area contributed by atoms with Crippen molar-refractivity contribution in [2.75, 3.05) is 0 Å². The van der Waals surface area contributed by atoms with Crippen LogP contribution in [0, 0.1) is 0 Å². The molecule has 0 amide bonds. The number of thiophene rings is 1. The van der Waals surface area contributed by atoms with Gasteiger partial charge in [0.1, 0.15) is 6.67 Å². The van der Waals surface area contributed by atoms with Crippen LogP contribution in [0.1, 0.15) is 36.6 Å². The lowest BCUT2D eigenvalue weighted by Crippen LogP contribution is -2.24. The lowest BCUT2D eigenvalue weighted by Gasteiger charge is -2.32. The molecular weight excluding hydrogens is 452 g/mol. The van der Waals surface area contributed by atoms with Gasteiger partial charge in [0.2, 0.25) is 5.82 Å². The first-order valence-corrected chi connectivity index (χ1v) is 11.2. The summed E-state index contributed by atoms with van der Waals surface area (Å²) in [4.78, 5) is 10.7. The van der Waals surface area contributed by atoms with E-state index < -0.39 is 24.5 Å². The first-order chi connectivity index (χ1) is 15.7. The minimum atomic E-state index is -4.80. The molecule has 0 saturated carbocycles. The third-order valence-corrected chi connectivity index (χ3v) is 7.06. The van der Waals surface area contributed by atoms with E-state index in [1.165, 1.54) is 11.1 Å². The summed E-state index contributed by atoms with van der Waals surface area (Å²) in [5.74, 6) is -2.14. The molecule has 1 aliphatic rings. The van der Waals surface area contributed by atoms with E-state index in [0.29, 0.717) is 5.56 Å². The number of nitrogens with zero attached hydrogens (tertiary/aromatic N) is 4. The second-order valence-electron chi connectivity index (χ2n) is 8.60. The maximum Gasteiger partial charge on any atom is 0.451 e. The molecule has 0 N–H and O–H groups in total. The average molecular weight is 468 g/mol. The molecule has 0 bridgehead atoms. The van der Waals surface area contributed by atoms with Gasteiger partial charge in [-0.1, -0.05) is 32.0 Å². The molecule has 4 heterocycles. The summed E-state index contributed by atoms with van der Waals surface area (Å²) in [5.41, 5.74) is 5.73. The number of halogens is 4. The summed E-state index contributed by atoms with van der Waals surface area (Å²) >= 11 is 1.64. The van der Waals surface area contributed by atoms with Gasteiger partial charge in [0.15, 0.2) is 11.6 Å². The largest absolute Gasteiger partial charge is 0.451 e. The van der Waals surface area contributed by atoms with Crippen LogP contribution >= 0.6 is 11.3 Å². The number of hydrogen-bond acceptors (Lipinski definition) is 4. The summed E-state index contributed by atoms with van der Waals surface area (Å²) in [6.45, 7) is 3.18. The van der Waals surface area contributed by atoms with Crippen LogP contribution in [0.25, 0.3) is 38.9 Å². The maximum absolute atomic E-state index is 13.3. The van der Waals surface area contributed by atoms with Crippen molar-refractivity contribution in [3.8, 4) is 17.1 Å². The van der Waals surface area contributed by atoms with Crippen molar-refractivity contribution in [3.05, 3.63) is 69.9 Å². The first-order valence-electron chi connectivity index (χ1n) is 10.2. The molecule has 0 saturated heterocycles. The van der Waals surface area contributed by atoms with E-state index in [9.17, 15) is 17.6 Å². The van der Waals surface area contributed by atoms with Crippen molar-refractivity contribution in [1.29, 1.82) is 0 Å². The Balaban J connectivity index is 1.66. The Morgan fingerprint density at radius 1 is 0.970 bits per heavy atom. The fraction of sp³-hybridized carbons (Fsp3) is 0.208. The van der Waals surface area contributed by atoms with Gasteiger partial charge < -0.3 is 4.57 Å². The van der Waals surface area contributed by atoms with E-state index in [2.05, 4.69) is 50.2 Å². The lowest BCUT2D eigenvalue weighted by molar-refractivity contribution is -0.145. The highest BCUT2D eigenvalue weighted by molar-refractivity contribution is 7.08. The topological polar surface area (TPSA) is 43.6 Å². The molecule has 0 fully saturated rings. The predicted octanol–water partition coefficient (Wildman–Crippen LogP) is 6.82. The number of aromatic nitrogens is 4. The minimum Gasteiger partial charge on any atom is -0.308 e. The van der Waals surface area contributed by atoms with Crippen LogP contribution in [0.15, 0.2) is 47.2 Å². The number of alkyl halides is 4. The van der Waals surface area contributed by atoms with E-state index in [4.69, 9.17) is 0 Å². The van der Waals surface area contributed by atoms with Gasteiger partial charge >= 0.3 is 6.18 Å². The summed E-state index contributed by atoms with van der Waals surface area (Å²) in [6.07, 6.45) is -4.80. The van der Waals surface area contributed by atoms with Gasteiger partial charge in [-0.2, -0.15) is 13.2 Å². The van der Waals surface area contributed by atoms with Gasteiger partial charge in [0.25, 0.3) is 0 Å². The van der Waals surface area contributed by atoms with E-state index >= 15 is 0 Å². The van der Waals surface area contributed by atoms with Crippen molar-refractivity contribution >= 4 is 33.1 Å². The molecule has 5 aromatic rings. The molecule has 9 heteroatoms. The van der Waals surface area contributed by atoms with Crippen LogP contribution in [-0.2, 0) is 18.3 Å². The Kier molecular flexibility index (Phi) is 4.06. The Morgan fingerprint density at radius 3 is 2.55 bits per heavy atom. The van der Waals surface area contributed by atoms with E-state index in [1.54, 1.807) is 23.5 Å². The molecule has 0 spiro atoms. The van der Waals surface area contributed by atoms with Crippen LogP contribution in [-0.4, -0.2) is 19.5 Å². The third kappa shape index (κ3) is 2.78. The molecule has 33 heavy (non-hydrogen) atoms. The SMILES string of the molecule is CC1(C)c2cscc2-n2c3ccc(-c4nc(CF)nc(C(F)(F)F)n4)cc3c3cccc1c32. The van der Waals surface area contributed by atoms with Crippen molar-refractivity contribution in [3.63, 3.8) is 0 Å². The fourth-order valence-electron chi connectivity index (χ4n) is 4.77. The van der Waals surface area contributed by atoms with Crippen molar-refractivity contribution < 1.29 is 17.6 Å². The van der Waals surface area contributed by atoms with Crippen molar-refractivity contribution in [1.82, 2.24) is 19.5 Å². The highest BCUT2D eigenvalue weighted by atomic mass is 32.1. The quantitative estimate of drug-likeness (QED) is 0.267. The molecular formula is C24H16F4N4S. The highest BCUT2D eigenvalue weighted by Gasteiger charge is 2.37. The van der Waals surface area contributed by atoms with Gasteiger partial charge in [0, 0.05) is 27.1 Å². The van der Waals surface area contributed by atoms with Crippen molar-refractivity contribution in [2.24, 2.45) is 0 Å². The second kappa shape index (κ2) is 6.60. The third-order valence-electron chi connectivity index (χ3n) is 6.33. The van der Waals surface area contributed by atoms with Gasteiger partial charge in [-0.3, -0.25) is 0 Å². The smallest absolute Gasteiger partial charge is 0.308 e. The second-order valence-corrected chi connectivity index (χ2v) is 9.34. The minimum absolute atomic E-state index is 0.187. The highest BCUT2D eigenvalue weighted by Crippen LogP contribution is 2.48. The van der Waals surface area contributed by atoms with E-state index in [-0.39, 0.29) is 11.2 Å². The monoisotopic (exact) mass is 468 g/mol. The number of hydrogen-bond donors (Lipinski definition) is 0. The van der Waals surface area contributed by atoms with Crippen LogP contribution in [0.2, 0.25) is 0 Å². The molecule has 1 aliphatic heterocycles. The molecule has 4 nitrogen and oxygen atoms in total. The number of para-hydroxylation sites is 1. The zero-order valence-corrected chi connectivity index (χ0v) is 18.4. The van der Waals surface area contributed by atoms with Gasteiger partial charge in [-0.05, 0) is 34.7 Å². The molecule has 0 radical (unpaired) electrons. The fourth-order valence-corrected chi connectivity index (χ4v) is 5.75. The molecule has 0 aliphatic carbocycles. The van der Waals surface area contributed by atoms with Crippen LogP contribution in [0.3, 0.4) is 0 Å². The van der Waals surface area contributed by atoms with Crippen LogP contribution in [0.5, 0.6) is 0 Å². The number of fused-ring (bicyclic) bond motifs is 5. The predicted molar refractivity (Wildman–Crippen MR) is 119 cm³/mol. The van der Waals surface area contributed by atoms with Gasteiger partial charge in [0.05, 0.1) is 16.7 Å². The summed E-state index contributed by atoms with van der Waals surface area (Å²) < 4.78 is 55.2. The first kappa shape index (κ1) is 20.3. The number of rotatable bonds is 2. The normalized spacial score (nSPS) is 14.7. The summed E-state index contributed by atoms with van der Waals surface area (Å²) in [5, 5.41) is 6.15. The Morgan fingerprint density at radius 2 is 1.79 bits per heavy atom. The lowest BCUT2D eigenvalue weighted by atomic mass is 9.76. The maximum atomic E-state index is 13.3. The van der Waals surface area contributed by atoms with Crippen LogP contribution < -0.4 is 0 Å². The van der Waals surface area contributed by atoms with Gasteiger partial charge in [-0.15, -0.1) is 11.3 Å². The zero-order chi connectivity index (χ0) is 23.1. The molecule has 0 atom stereocenters.